The van der Waals surface area contributed by atoms with Gasteiger partial charge in [0.05, 0.1) is 11.8 Å². The van der Waals surface area contributed by atoms with E-state index in [9.17, 15) is 18.0 Å². The molecule has 1 N–H and O–H groups in total. The number of hydrogen-bond donors (Lipinski definition) is 1. The summed E-state index contributed by atoms with van der Waals surface area (Å²) in [6, 6.07) is 14.9. The number of benzene rings is 2. The summed E-state index contributed by atoms with van der Waals surface area (Å²) >= 11 is 2.13. The molecular weight excluding hydrogens is 472 g/mol. The van der Waals surface area contributed by atoms with Crippen LogP contribution < -0.4 is 5.43 Å². The van der Waals surface area contributed by atoms with Crippen LogP contribution >= 0.6 is 22.6 Å². The smallest absolute Gasteiger partial charge is 0.416 e. The maximum absolute atomic E-state index is 12.8. The van der Waals surface area contributed by atoms with Crippen LogP contribution in [0.3, 0.4) is 0 Å². The molecule has 0 aliphatic rings. The van der Waals surface area contributed by atoms with Gasteiger partial charge in [-0.2, -0.15) is 18.3 Å². The monoisotopic (exact) mass is 484 g/mol. The number of nitrogens with one attached hydrogen (secondary N) is 1. The van der Waals surface area contributed by atoms with Gasteiger partial charge in [0.2, 0.25) is 0 Å². The number of furan rings is 1. The highest BCUT2D eigenvalue weighted by Crippen LogP contribution is 2.32. The SMILES string of the molecule is O=C(N/N=C/c1ccc(-c2cccc(C(F)(F)F)c2)o1)c1ccc(I)cc1. The topological polar surface area (TPSA) is 54.6 Å². The van der Waals surface area contributed by atoms with E-state index in [1.165, 1.54) is 24.4 Å². The maximum Gasteiger partial charge on any atom is 0.416 e. The molecular formula is C19H12F3IN2O2. The molecule has 1 aromatic heterocycles. The van der Waals surface area contributed by atoms with E-state index >= 15 is 0 Å². The van der Waals surface area contributed by atoms with Crippen molar-refractivity contribution in [3.05, 3.63) is 81.1 Å². The fourth-order valence-electron chi connectivity index (χ4n) is 2.25. The molecule has 0 aliphatic carbocycles. The molecule has 0 bridgehead atoms. The quantitative estimate of drug-likeness (QED) is 0.309. The molecule has 8 heteroatoms. The normalized spacial score (nSPS) is 11.7. The molecule has 4 nitrogen and oxygen atoms in total. The standard InChI is InChI=1S/C19H12F3IN2O2/c20-19(21,22)14-3-1-2-13(10-14)17-9-8-16(27-17)11-24-25-18(26)12-4-6-15(23)7-5-12/h1-11H,(H,25,26)/b24-11+. The molecule has 0 atom stereocenters. The lowest BCUT2D eigenvalue weighted by Gasteiger charge is -2.07. The Kier molecular flexibility index (Phi) is 5.64. The number of carbonyl (C=O) groups excluding carboxylic acids is 1. The number of nitrogens with zero attached hydrogens (tertiary/aromatic N) is 1. The Labute approximate surface area is 166 Å². The molecule has 0 fully saturated rings. The molecule has 3 rings (SSSR count). The van der Waals surface area contributed by atoms with Gasteiger partial charge in [-0.15, -0.1) is 0 Å². The van der Waals surface area contributed by atoms with Gasteiger partial charge in [0.25, 0.3) is 5.91 Å². The maximum atomic E-state index is 12.8. The van der Waals surface area contributed by atoms with Crippen molar-refractivity contribution < 1.29 is 22.4 Å². The molecule has 0 unspecified atom stereocenters. The third kappa shape index (κ3) is 4.97. The lowest BCUT2D eigenvalue weighted by atomic mass is 10.1. The molecule has 2 aromatic carbocycles. The van der Waals surface area contributed by atoms with Crippen LogP contribution in [-0.2, 0) is 6.18 Å². The Morgan fingerprint density at radius 2 is 1.81 bits per heavy atom. The first-order chi connectivity index (χ1) is 12.8. The van der Waals surface area contributed by atoms with E-state index in [-0.39, 0.29) is 11.7 Å². The molecule has 0 spiro atoms. The van der Waals surface area contributed by atoms with E-state index in [4.69, 9.17) is 4.42 Å². The van der Waals surface area contributed by atoms with Gasteiger partial charge in [-0.25, -0.2) is 5.43 Å². The molecule has 3 aromatic rings. The van der Waals surface area contributed by atoms with Gasteiger partial charge in [-0.1, -0.05) is 12.1 Å². The van der Waals surface area contributed by atoms with Gasteiger partial charge in [-0.3, -0.25) is 4.79 Å². The van der Waals surface area contributed by atoms with Crippen molar-refractivity contribution >= 4 is 34.7 Å². The molecule has 27 heavy (non-hydrogen) atoms. The van der Waals surface area contributed by atoms with Gasteiger partial charge >= 0.3 is 6.18 Å². The fourth-order valence-corrected chi connectivity index (χ4v) is 2.61. The van der Waals surface area contributed by atoms with Crippen LogP contribution in [-0.4, -0.2) is 12.1 Å². The van der Waals surface area contributed by atoms with Crippen LogP contribution in [0.15, 0.2) is 70.2 Å². The predicted molar refractivity (Wildman–Crippen MR) is 103 cm³/mol. The highest BCUT2D eigenvalue weighted by Gasteiger charge is 2.30. The van der Waals surface area contributed by atoms with Crippen LogP contribution in [0.5, 0.6) is 0 Å². The molecule has 1 amide bonds. The van der Waals surface area contributed by atoms with Gasteiger partial charge in [0.1, 0.15) is 11.5 Å². The van der Waals surface area contributed by atoms with E-state index in [1.54, 1.807) is 30.3 Å². The Bertz CT molecular complexity index is 979. The Balaban J connectivity index is 1.68. The number of rotatable bonds is 4. The van der Waals surface area contributed by atoms with Gasteiger partial charge < -0.3 is 4.42 Å². The fraction of sp³-hybridized carbons (Fsp3) is 0.0526. The van der Waals surface area contributed by atoms with Crippen LogP contribution in [0.4, 0.5) is 13.2 Å². The van der Waals surface area contributed by atoms with E-state index in [1.807, 2.05) is 0 Å². The second-order valence-corrected chi connectivity index (χ2v) is 6.73. The predicted octanol–water partition coefficient (Wildman–Crippen LogP) is 5.33. The van der Waals surface area contributed by atoms with Crippen LogP contribution in [0.2, 0.25) is 0 Å². The first-order valence-corrected chi connectivity index (χ1v) is 8.77. The summed E-state index contributed by atoms with van der Waals surface area (Å²) in [4.78, 5) is 11.9. The van der Waals surface area contributed by atoms with E-state index in [2.05, 4.69) is 33.1 Å². The van der Waals surface area contributed by atoms with Crippen LogP contribution in [0.1, 0.15) is 21.7 Å². The average Bonchev–Trinajstić information content (AvgIpc) is 3.10. The van der Waals surface area contributed by atoms with Crippen molar-refractivity contribution in [3.63, 3.8) is 0 Å². The van der Waals surface area contributed by atoms with Crippen molar-refractivity contribution in [1.82, 2.24) is 5.43 Å². The number of hydrogen-bond acceptors (Lipinski definition) is 3. The average molecular weight is 484 g/mol. The van der Waals surface area contributed by atoms with Gasteiger partial charge in [0, 0.05) is 14.7 Å². The zero-order valence-corrected chi connectivity index (χ0v) is 15.8. The van der Waals surface area contributed by atoms with Gasteiger partial charge in [0.15, 0.2) is 0 Å². The van der Waals surface area contributed by atoms with Crippen molar-refractivity contribution in [1.29, 1.82) is 0 Å². The zero-order valence-electron chi connectivity index (χ0n) is 13.6. The van der Waals surface area contributed by atoms with Crippen molar-refractivity contribution in [2.45, 2.75) is 6.18 Å². The van der Waals surface area contributed by atoms with Crippen LogP contribution in [0.25, 0.3) is 11.3 Å². The number of amides is 1. The molecule has 0 radical (unpaired) electrons. The number of hydrazone groups is 1. The number of halogens is 4. The number of carbonyl (C=O) groups is 1. The minimum Gasteiger partial charge on any atom is -0.455 e. The third-order valence-corrected chi connectivity index (χ3v) is 4.28. The van der Waals surface area contributed by atoms with Crippen molar-refractivity contribution in [3.8, 4) is 11.3 Å². The van der Waals surface area contributed by atoms with Crippen molar-refractivity contribution in [2.75, 3.05) is 0 Å². The second kappa shape index (κ2) is 7.95. The summed E-state index contributed by atoms with van der Waals surface area (Å²) < 4.78 is 44.9. The summed E-state index contributed by atoms with van der Waals surface area (Å²) in [6.07, 6.45) is -3.14. The molecule has 0 aliphatic heterocycles. The molecule has 0 saturated heterocycles. The summed E-state index contributed by atoms with van der Waals surface area (Å²) in [5.74, 6) is 0.184. The van der Waals surface area contributed by atoms with Crippen molar-refractivity contribution in [2.24, 2.45) is 5.10 Å². The lowest BCUT2D eigenvalue weighted by molar-refractivity contribution is -0.137. The van der Waals surface area contributed by atoms with E-state index in [0.29, 0.717) is 16.9 Å². The van der Waals surface area contributed by atoms with E-state index in [0.717, 1.165) is 15.7 Å². The molecule has 138 valence electrons. The lowest BCUT2D eigenvalue weighted by Crippen LogP contribution is -2.17. The first kappa shape index (κ1) is 19.2. The van der Waals surface area contributed by atoms with E-state index < -0.39 is 11.7 Å². The summed E-state index contributed by atoms with van der Waals surface area (Å²) in [7, 11) is 0. The zero-order chi connectivity index (χ0) is 19.4. The van der Waals surface area contributed by atoms with Crippen LogP contribution in [0, 0.1) is 3.57 Å². The van der Waals surface area contributed by atoms with Gasteiger partial charge in [-0.05, 0) is 71.1 Å². The minimum absolute atomic E-state index is 0.270. The highest BCUT2D eigenvalue weighted by atomic mass is 127. The number of alkyl halides is 3. The molecule has 0 saturated carbocycles. The Hall–Kier alpha value is -2.62. The Morgan fingerprint density at radius 3 is 2.52 bits per heavy atom. The largest absolute Gasteiger partial charge is 0.455 e. The highest BCUT2D eigenvalue weighted by molar-refractivity contribution is 14.1. The first-order valence-electron chi connectivity index (χ1n) is 7.69. The Morgan fingerprint density at radius 1 is 1.07 bits per heavy atom. The summed E-state index contributed by atoms with van der Waals surface area (Å²) in [6.45, 7) is 0. The summed E-state index contributed by atoms with van der Waals surface area (Å²) in [5, 5.41) is 3.80. The minimum atomic E-state index is -4.42. The molecule has 1 heterocycles. The third-order valence-electron chi connectivity index (χ3n) is 3.57. The summed E-state index contributed by atoms with van der Waals surface area (Å²) in [5.41, 5.74) is 2.36. The second-order valence-electron chi connectivity index (χ2n) is 5.49.